The zero-order valence-corrected chi connectivity index (χ0v) is 17.2. The van der Waals surface area contributed by atoms with E-state index in [1.54, 1.807) is 13.0 Å². The summed E-state index contributed by atoms with van der Waals surface area (Å²) in [5, 5.41) is 9.77. The number of hydrogen-bond donors (Lipinski definition) is 2. The quantitative estimate of drug-likeness (QED) is 0.714. The smallest absolute Gasteiger partial charge is 0.239 e. The topological polar surface area (TPSA) is 87.5 Å². The molecule has 3 rings (SSSR count). The Kier molecular flexibility index (Phi) is 7.41. The van der Waals surface area contributed by atoms with E-state index in [4.69, 9.17) is 4.52 Å². The Hall–Kier alpha value is -2.67. The van der Waals surface area contributed by atoms with Crippen LogP contribution in [0, 0.1) is 12.8 Å². The van der Waals surface area contributed by atoms with Gasteiger partial charge >= 0.3 is 0 Å². The predicted octanol–water partition coefficient (Wildman–Crippen LogP) is 2.77. The molecule has 7 nitrogen and oxygen atoms in total. The monoisotopic (exact) mass is 398 g/mol. The van der Waals surface area contributed by atoms with Gasteiger partial charge in [0.15, 0.2) is 5.82 Å². The number of benzene rings is 1. The fourth-order valence-electron chi connectivity index (χ4n) is 3.85. The van der Waals surface area contributed by atoms with Crippen molar-refractivity contribution < 1.29 is 14.1 Å². The van der Waals surface area contributed by atoms with Crippen LogP contribution >= 0.6 is 0 Å². The molecule has 0 unspecified atom stereocenters. The molecule has 1 fully saturated rings. The van der Waals surface area contributed by atoms with Gasteiger partial charge in [0.05, 0.1) is 6.54 Å². The first-order chi connectivity index (χ1) is 14.0. The number of rotatable bonds is 8. The van der Waals surface area contributed by atoms with Crippen molar-refractivity contribution in [2.75, 3.05) is 25.0 Å². The van der Waals surface area contributed by atoms with Gasteiger partial charge in [0.1, 0.15) is 5.76 Å². The molecule has 0 aliphatic carbocycles. The van der Waals surface area contributed by atoms with Crippen molar-refractivity contribution in [3.8, 4) is 0 Å². The Morgan fingerprint density at radius 3 is 2.72 bits per heavy atom. The Balaban J connectivity index is 1.43. The first-order valence-electron chi connectivity index (χ1n) is 10.3. The maximum atomic E-state index is 12.4. The highest BCUT2D eigenvalue weighted by Crippen LogP contribution is 2.20. The Bertz CT molecular complexity index is 805. The number of likely N-dealkylation sites (tertiary alicyclic amines) is 1. The van der Waals surface area contributed by atoms with Crippen molar-refractivity contribution in [2.24, 2.45) is 5.92 Å². The number of aromatic nitrogens is 1. The molecular weight excluding hydrogens is 368 g/mol. The second-order valence-corrected chi connectivity index (χ2v) is 7.72. The normalized spacial score (nSPS) is 19.7. The van der Waals surface area contributed by atoms with E-state index in [1.807, 2.05) is 30.3 Å². The van der Waals surface area contributed by atoms with Gasteiger partial charge in [-0.3, -0.25) is 14.5 Å². The summed E-state index contributed by atoms with van der Waals surface area (Å²) in [4.78, 5) is 26.8. The van der Waals surface area contributed by atoms with Gasteiger partial charge in [-0.1, -0.05) is 48.8 Å². The van der Waals surface area contributed by atoms with Gasteiger partial charge in [0, 0.05) is 31.6 Å². The van der Waals surface area contributed by atoms with Crippen molar-refractivity contribution in [1.82, 2.24) is 15.4 Å². The van der Waals surface area contributed by atoms with Gasteiger partial charge in [0.25, 0.3) is 0 Å². The van der Waals surface area contributed by atoms with E-state index >= 15 is 0 Å². The van der Waals surface area contributed by atoms with Crippen LogP contribution in [0.4, 0.5) is 5.82 Å². The fourth-order valence-corrected chi connectivity index (χ4v) is 3.85. The van der Waals surface area contributed by atoms with Crippen LogP contribution in [0.2, 0.25) is 0 Å². The molecule has 156 valence electrons. The lowest BCUT2D eigenvalue weighted by molar-refractivity contribution is -0.123. The van der Waals surface area contributed by atoms with E-state index < -0.39 is 0 Å². The number of anilines is 1. The number of nitrogens with one attached hydrogen (secondary N) is 2. The summed E-state index contributed by atoms with van der Waals surface area (Å²) in [5.41, 5.74) is 1.18. The van der Waals surface area contributed by atoms with E-state index in [9.17, 15) is 9.59 Å². The summed E-state index contributed by atoms with van der Waals surface area (Å²) in [7, 11) is 0. The zero-order chi connectivity index (χ0) is 20.6. The van der Waals surface area contributed by atoms with E-state index in [1.165, 1.54) is 5.56 Å². The Morgan fingerprint density at radius 2 is 2.03 bits per heavy atom. The van der Waals surface area contributed by atoms with Crippen LogP contribution in [0.5, 0.6) is 0 Å². The molecule has 1 aliphatic heterocycles. The van der Waals surface area contributed by atoms with Crippen molar-refractivity contribution in [3.05, 3.63) is 47.7 Å². The Morgan fingerprint density at radius 1 is 1.24 bits per heavy atom. The van der Waals surface area contributed by atoms with Crippen LogP contribution in [-0.4, -0.2) is 47.5 Å². The molecule has 2 amide bonds. The largest absolute Gasteiger partial charge is 0.360 e. The summed E-state index contributed by atoms with van der Waals surface area (Å²) in [6.07, 6.45) is 3.07. The third-order valence-electron chi connectivity index (χ3n) is 5.44. The molecule has 0 bridgehead atoms. The van der Waals surface area contributed by atoms with Crippen molar-refractivity contribution >= 4 is 17.6 Å². The van der Waals surface area contributed by atoms with Crippen LogP contribution in [0.25, 0.3) is 0 Å². The van der Waals surface area contributed by atoms with Crippen molar-refractivity contribution in [3.63, 3.8) is 0 Å². The molecule has 0 saturated carbocycles. The van der Waals surface area contributed by atoms with E-state index in [0.717, 1.165) is 32.4 Å². The first-order valence-corrected chi connectivity index (χ1v) is 10.3. The third kappa shape index (κ3) is 6.42. The third-order valence-corrected chi connectivity index (χ3v) is 5.44. The molecule has 0 radical (unpaired) electrons. The summed E-state index contributed by atoms with van der Waals surface area (Å²) >= 11 is 0. The molecule has 29 heavy (non-hydrogen) atoms. The van der Waals surface area contributed by atoms with Gasteiger partial charge < -0.3 is 15.2 Å². The van der Waals surface area contributed by atoms with Crippen LogP contribution in [-0.2, 0) is 16.0 Å². The molecule has 1 aromatic heterocycles. The summed E-state index contributed by atoms with van der Waals surface area (Å²) in [6, 6.07) is 11.9. The standard InChI is InChI=1S/C22H30N4O3/c1-3-18-14-26(15-22(28)24-20-13-16(2)29-25-20)12-11-19(18)23-21(27)10-9-17-7-5-4-6-8-17/h4-8,13,18-19H,3,9-12,14-15H2,1-2H3,(H,23,27)(H,24,25,28)/t18-,19+/m1/s1. The van der Waals surface area contributed by atoms with Gasteiger partial charge in [-0.2, -0.15) is 0 Å². The summed E-state index contributed by atoms with van der Waals surface area (Å²) in [5.74, 6) is 1.45. The van der Waals surface area contributed by atoms with Crippen LogP contribution in [0.1, 0.15) is 37.5 Å². The van der Waals surface area contributed by atoms with E-state index in [0.29, 0.717) is 30.5 Å². The number of aryl methyl sites for hydroxylation is 2. The van der Waals surface area contributed by atoms with Gasteiger partial charge in [0.2, 0.25) is 11.8 Å². The van der Waals surface area contributed by atoms with E-state index in [-0.39, 0.29) is 17.9 Å². The lowest BCUT2D eigenvalue weighted by Crippen LogP contribution is -2.52. The van der Waals surface area contributed by atoms with Gasteiger partial charge in [-0.25, -0.2) is 0 Å². The molecule has 1 aliphatic rings. The highest BCUT2D eigenvalue weighted by Gasteiger charge is 2.30. The average Bonchev–Trinajstić information content (AvgIpc) is 3.12. The number of piperidine rings is 1. The van der Waals surface area contributed by atoms with Gasteiger partial charge in [-0.15, -0.1) is 0 Å². The van der Waals surface area contributed by atoms with Crippen LogP contribution in [0.15, 0.2) is 40.9 Å². The SMILES string of the molecule is CC[C@@H]1CN(CC(=O)Nc2cc(C)on2)CC[C@@H]1NC(=O)CCc1ccccc1. The molecule has 2 atom stereocenters. The number of hydrogen-bond acceptors (Lipinski definition) is 5. The first kappa shape index (κ1) is 21.0. The second kappa shape index (κ2) is 10.2. The molecule has 2 aromatic rings. The minimum atomic E-state index is -0.0986. The maximum Gasteiger partial charge on any atom is 0.239 e. The summed E-state index contributed by atoms with van der Waals surface area (Å²) < 4.78 is 4.97. The molecule has 1 aromatic carbocycles. The molecule has 2 N–H and O–H groups in total. The zero-order valence-electron chi connectivity index (χ0n) is 17.2. The number of carbonyl (C=O) groups is 2. The molecule has 0 spiro atoms. The maximum absolute atomic E-state index is 12.4. The lowest BCUT2D eigenvalue weighted by atomic mass is 9.89. The fraction of sp³-hybridized carbons (Fsp3) is 0.500. The second-order valence-electron chi connectivity index (χ2n) is 7.72. The lowest BCUT2D eigenvalue weighted by Gasteiger charge is -2.38. The molecule has 1 saturated heterocycles. The Labute approximate surface area is 171 Å². The minimum absolute atomic E-state index is 0.0986. The van der Waals surface area contributed by atoms with Crippen LogP contribution < -0.4 is 10.6 Å². The van der Waals surface area contributed by atoms with Crippen molar-refractivity contribution in [1.29, 1.82) is 0 Å². The number of amides is 2. The number of carbonyl (C=O) groups excluding carboxylic acids is 2. The minimum Gasteiger partial charge on any atom is -0.360 e. The highest BCUT2D eigenvalue weighted by atomic mass is 16.5. The van der Waals surface area contributed by atoms with Crippen molar-refractivity contribution in [2.45, 2.75) is 45.6 Å². The summed E-state index contributed by atoms with van der Waals surface area (Å²) in [6.45, 7) is 5.82. The van der Waals surface area contributed by atoms with Crippen LogP contribution in [0.3, 0.4) is 0 Å². The molecule has 2 heterocycles. The highest BCUT2D eigenvalue weighted by molar-refractivity contribution is 5.91. The van der Waals surface area contributed by atoms with E-state index in [2.05, 4.69) is 27.6 Å². The van der Waals surface area contributed by atoms with Gasteiger partial charge in [-0.05, 0) is 31.2 Å². The average molecular weight is 399 g/mol. The predicted molar refractivity (Wildman–Crippen MR) is 111 cm³/mol. The molecule has 7 heteroatoms. The number of nitrogens with zero attached hydrogens (tertiary/aromatic N) is 2. The molecular formula is C22H30N4O3.